The second-order valence-corrected chi connectivity index (χ2v) is 7.24. The number of hydrogen-bond acceptors (Lipinski definition) is 8. The topological polar surface area (TPSA) is 105 Å². The molecule has 0 radical (unpaired) electrons. The van der Waals surface area contributed by atoms with E-state index in [-0.39, 0.29) is 5.89 Å². The SMILES string of the molecule is Cc1noc(C2(O)CCN(c3ccnc(-c4cnc5ccc(Cl)cn45)n3)C2)n1. The first kappa shape index (κ1) is 17.1. The van der Waals surface area contributed by atoms with Gasteiger partial charge >= 0.3 is 0 Å². The number of anilines is 1. The van der Waals surface area contributed by atoms with Crippen molar-refractivity contribution in [3.63, 3.8) is 0 Å². The zero-order valence-electron chi connectivity index (χ0n) is 14.9. The van der Waals surface area contributed by atoms with Crippen molar-refractivity contribution < 1.29 is 9.63 Å². The average molecular weight is 398 g/mol. The molecule has 1 aliphatic heterocycles. The van der Waals surface area contributed by atoms with Crippen molar-refractivity contribution in [3.8, 4) is 11.5 Å². The van der Waals surface area contributed by atoms with E-state index in [9.17, 15) is 5.11 Å². The number of fused-ring (bicyclic) bond motifs is 1. The molecule has 142 valence electrons. The second kappa shape index (κ2) is 6.25. The molecule has 1 fully saturated rings. The van der Waals surface area contributed by atoms with Gasteiger partial charge in [-0.25, -0.2) is 15.0 Å². The lowest BCUT2D eigenvalue weighted by atomic mass is 10.0. The molecule has 0 amide bonds. The first-order chi connectivity index (χ1) is 13.5. The minimum Gasteiger partial charge on any atom is -0.378 e. The normalized spacial score (nSPS) is 19.6. The molecule has 4 aromatic heterocycles. The van der Waals surface area contributed by atoms with Crippen LogP contribution in [0, 0.1) is 6.92 Å². The fraction of sp³-hybridized carbons (Fsp3) is 0.278. The predicted octanol–water partition coefficient (Wildman–Crippen LogP) is 2.23. The largest absolute Gasteiger partial charge is 0.378 e. The summed E-state index contributed by atoms with van der Waals surface area (Å²) in [4.78, 5) is 19.6. The van der Waals surface area contributed by atoms with E-state index in [1.807, 2.05) is 21.4 Å². The Morgan fingerprint density at radius 1 is 1.21 bits per heavy atom. The van der Waals surface area contributed by atoms with Crippen LogP contribution in [0.4, 0.5) is 5.82 Å². The predicted molar refractivity (Wildman–Crippen MR) is 101 cm³/mol. The molecule has 0 saturated carbocycles. The summed E-state index contributed by atoms with van der Waals surface area (Å²) in [6.45, 7) is 2.64. The maximum Gasteiger partial charge on any atom is 0.260 e. The van der Waals surface area contributed by atoms with Gasteiger partial charge in [0.2, 0.25) is 0 Å². The molecule has 10 heteroatoms. The van der Waals surface area contributed by atoms with E-state index in [4.69, 9.17) is 16.1 Å². The molecular weight excluding hydrogens is 382 g/mol. The summed E-state index contributed by atoms with van der Waals surface area (Å²) in [7, 11) is 0. The van der Waals surface area contributed by atoms with E-state index < -0.39 is 5.60 Å². The number of imidazole rings is 1. The van der Waals surface area contributed by atoms with Crippen molar-refractivity contribution in [3.05, 3.63) is 53.5 Å². The lowest BCUT2D eigenvalue weighted by Crippen LogP contribution is -2.31. The quantitative estimate of drug-likeness (QED) is 0.561. The fourth-order valence-corrected chi connectivity index (χ4v) is 3.58. The molecule has 0 aromatic carbocycles. The lowest BCUT2D eigenvalue weighted by Gasteiger charge is -2.20. The summed E-state index contributed by atoms with van der Waals surface area (Å²) < 4.78 is 7.03. The summed E-state index contributed by atoms with van der Waals surface area (Å²) in [6, 6.07) is 5.43. The van der Waals surface area contributed by atoms with Gasteiger partial charge in [0.05, 0.1) is 17.8 Å². The Morgan fingerprint density at radius 3 is 2.93 bits per heavy atom. The first-order valence-corrected chi connectivity index (χ1v) is 9.14. The zero-order chi connectivity index (χ0) is 19.3. The van der Waals surface area contributed by atoms with Crippen molar-refractivity contribution in [2.45, 2.75) is 18.9 Å². The lowest BCUT2D eigenvalue weighted by molar-refractivity contribution is 0.0259. The Bertz CT molecular complexity index is 1170. The summed E-state index contributed by atoms with van der Waals surface area (Å²) in [5.41, 5.74) is 0.306. The molecule has 0 bridgehead atoms. The molecule has 5 rings (SSSR count). The number of aliphatic hydroxyl groups is 1. The van der Waals surface area contributed by atoms with Crippen LogP contribution in [0.15, 0.2) is 41.3 Å². The van der Waals surface area contributed by atoms with Gasteiger partial charge in [-0.2, -0.15) is 4.98 Å². The third kappa shape index (κ3) is 2.79. The summed E-state index contributed by atoms with van der Waals surface area (Å²) in [5.74, 6) is 1.96. The Labute approximate surface area is 164 Å². The fourth-order valence-electron chi connectivity index (χ4n) is 3.42. The maximum absolute atomic E-state index is 10.9. The highest BCUT2D eigenvalue weighted by molar-refractivity contribution is 6.30. The van der Waals surface area contributed by atoms with Crippen molar-refractivity contribution in [2.24, 2.45) is 0 Å². The minimum absolute atomic E-state index is 0.234. The van der Waals surface area contributed by atoms with Crippen LogP contribution in [0.1, 0.15) is 18.1 Å². The van der Waals surface area contributed by atoms with E-state index in [1.54, 1.807) is 31.6 Å². The number of nitrogens with zero attached hydrogens (tertiary/aromatic N) is 7. The number of aromatic nitrogens is 6. The van der Waals surface area contributed by atoms with E-state index >= 15 is 0 Å². The van der Waals surface area contributed by atoms with Gasteiger partial charge in [-0.05, 0) is 25.1 Å². The molecular formula is C18H16ClN7O2. The number of halogens is 1. The Morgan fingerprint density at radius 2 is 2.11 bits per heavy atom. The molecule has 0 spiro atoms. The summed E-state index contributed by atoms with van der Waals surface area (Å²) >= 11 is 6.12. The number of aryl methyl sites for hydroxylation is 1. The molecule has 5 heterocycles. The van der Waals surface area contributed by atoms with E-state index in [2.05, 4.69) is 25.1 Å². The molecule has 28 heavy (non-hydrogen) atoms. The van der Waals surface area contributed by atoms with Crippen LogP contribution in [-0.2, 0) is 5.60 Å². The molecule has 1 atom stereocenters. The van der Waals surface area contributed by atoms with Gasteiger partial charge in [0, 0.05) is 25.4 Å². The first-order valence-electron chi connectivity index (χ1n) is 8.76. The van der Waals surface area contributed by atoms with Crippen molar-refractivity contribution in [1.29, 1.82) is 0 Å². The number of rotatable bonds is 3. The van der Waals surface area contributed by atoms with Crippen LogP contribution >= 0.6 is 11.6 Å². The van der Waals surface area contributed by atoms with E-state index in [0.717, 1.165) is 11.3 Å². The van der Waals surface area contributed by atoms with Crippen LogP contribution in [0.3, 0.4) is 0 Å². The zero-order valence-corrected chi connectivity index (χ0v) is 15.7. The third-order valence-corrected chi connectivity index (χ3v) is 5.06. The van der Waals surface area contributed by atoms with Gasteiger partial charge in [-0.3, -0.25) is 4.40 Å². The Kier molecular flexibility index (Phi) is 3.81. The molecule has 4 aromatic rings. The van der Waals surface area contributed by atoms with Gasteiger partial charge in [0.15, 0.2) is 17.2 Å². The van der Waals surface area contributed by atoms with E-state index in [1.165, 1.54) is 0 Å². The molecule has 1 unspecified atom stereocenters. The van der Waals surface area contributed by atoms with Crippen molar-refractivity contribution in [2.75, 3.05) is 18.0 Å². The van der Waals surface area contributed by atoms with Gasteiger partial charge in [0.25, 0.3) is 5.89 Å². The van der Waals surface area contributed by atoms with Gasteiger partial charge in [-0.15, -0.1) is 0 Å². The van der Waals surface area contributed by atoms with Gasteiger partial charge in [0.1, 0.15) is 17.2 Å². The molecule has 0 aliphatic carbocycles. The summed E-state index contributed by atoms with van der Waals surface area (Å²) in [6.07, 6.45) is 5.66. The van der Waals surface area contributed by atoms with Crippen LogP contribution in [-0.4, -0.2) is 47.7 Å². The van der Waals surface area contributed by atoms with Gasteiger partial charge in [-0.1, -0.05) is 16.8 Å². The highest BCUT2D eigenvalue weighted by atomic mass is 35.5. The van der Waals surface area contributed by atoms with E-state index in [0.29, 0.717) is 42.0 Å². The van der Waals surface area contributed by atoms with Crippen LogP contribution in [0.2, 0.25) is 5.02 Å². The summed E-state index contributed by atoms with van der Waals surface area (Å²) in [5, 5.41) is 15.3. The van der Waals surface area contributed by atoms with Crippen LogP contribution < -0.4 is 4.90 Å². The van der Waals surface area contributed by atoms with Crippen molar-refractivity contribution in [1.82, 2.24) is 29.5 Å². The molecule has 1 N–H and O–H groups in total. The standard InChI is InChI=1S/C18H16ClN7O2/c1-11-22-17(28-24-11)18(27)5-7-25(10-18)15-4-6-20-16(23-15)13-8-21-14-3-2-12(19)9-26(13)14/h2-4,6,8-9,27H,5,7,10H2,1H3. The van der Waals surface area contributed by atoms with Crippen molar-refractivity contribution >= 4 is 23.1 Å². The average Bonchev–Trinajstić information content (AvgIpc) is 3.40. The Hall–Kier alpha value is -3.04. The highest BCUT2D eigenvalue weighted by Crippen LogP contribution is 2.33. The highest BCUT2D eigenvalue weighted by Gasteiger charge is 2.43. The number of pyridine rings is 1. The monoisotopic (exact) mass is 397 g/mol. The smallest absolute Gasteiger partial charge is 0.260 e. The Balaban J connectivity index is 1.47. The maximum atomic E-state index is 10.9. The molecule has 9 nitrogen and oxygen atoms in total. The van der Waals surface area contributed by atoms with Crippen LogP contribution in [0.25, 0.3) is 17.2 Å². The third-order valence-electron chi connectivity index (χ3n) is 4.84. The number of hydrogen-bond donors (Lipinski definition) is 1. The molecule has 1 aliphatic rings. The minimum atomic E-state index is -1.19. The number of β-amino-alcohol motifs (C(OH)–C–C–N with tert-alkyl or cyclic N) is 1. The molecule has 1 saturated heterocycles. The van der Waals surface area contributed by atoms with Gasteiger partial charge < -0.3 is 14.5 Å². The van der Waals surface area contributed by atoms with Crippen LogP contribution in [0.5, 0.6) is 0 Å². The second-order valence-electron chi connectivity index (χ2n) is 6.81.